The van der Waals surface area contributed by atoms with Crippen molar-refractivity contribution in [2.24, 2.45) is 4.99 Å². The average molecular weight is 374 g/mol. The predicted molar refractivity (Wildman–Crippen MR) is 100.0 cm³/mol. The van der Waals surface area contributed by atoms with Crippen molar-refractivity contribution < 1.29 is 14.3 Å². The van der Waals surface area contributed by atoms with Crippen molar-refractivity contribution in [3.05, 3.63) is 75.4 Å². The van der Waals surface area contributed by atoms with Crippen molar-refractivity contribution in [1.29, 1.82) is 0 Å². The van der Waals surface area contributed by atoms with Gasteiger partial charge in [-0.25, -0.2) is 9.79 Å². The molecule has 0 amide bonds. The van der Waals surface area contributed by atoms with Crippen LogP contribution in [0.4, 0.5) is 0 Å². The van der Waals surface area contributed by atoms with Crippen molar-refractivity contribution >= 4 is 47.2 Å². The third-order valence-electron chi connectivity index (χ3n) is 3.43. The second-order valence-electron chi connectivity index (χ2n) is 5.14. The van der Waals surface area contributed by atoms with Crippen LogP contribution in [0, 0.1) is 0 Å². The van der Waals surface area contributed by atoms with E-state index in [9.17, 15) is 4.79 Å². The van der Waals surface area contributed by atoms with Gasteiger partial charge in [-0.3, -0.25) is 0 Å². The minimum Gasteiger partial charge on any atom is -0.497 e. The number of benzene rings is 2. The minimum atomic E-state index is -0.527. The third kappa shape index (κ3) is 4.29. The summed E-state index contributed by atoms with van der Waals surface area (Å²) in [5.41, 5.74) is 1.75. The maximum absolute atomic E-state index is 11.9. The third-order valence-corrected chi connectivity index (χ3v) is 3.99. The van der Waals surface area contributed by atoms with E-state index >= 15 is 0 Å². The summed E-state index contributed by atoms with van der Waals surface area (Å²) >= 11 is 12.0. The molecule has 0 aromatic heterocycles. The molecule has 0 radical (unpaired) electrons. The van der Waals surface area contributed by atoms with Gasteiger partial charge in [0.15, 0.2) is 5.70 Å². The van der Waals surface area contributed by atoms with E-state index in [4.69, 9.17) is 32.7 Å². The van der Waals surface area contributed by atoms with Gasteiger partial charge in [0.25, 0.3) is 0 Å². The number of hydrogen-bond acceptors (Lipinski definition) is 4. The van der Waals surface area contributed by atoms with Gasteiger partial charge in [-0.1, -0.05) is 41.4 Å². The Bertz CT molecular complexity index is 899. The maximum atomic E-state index is 11.9. The molecule has 0 unspecified atom stereocenters. The highest BCUT2D eigenvalue weighted by atomic mass is 35.5. The van der Waals surface area contributed by atoms with Gasteiger partial charge < -0.3 is 9.47 Å². The number of halogens is 2. The lowest BCUT2D eigenvalue weighted by Crippen LogP contribution is -2.01. The number of nitrogens with zero attached hydrogens (tertiary/aromatic N) is 1. The second-order valence-corrected chi connectivity index (χ2v) is 5.99. The van der Waals surface area contributed by atoms with Crippen LogP contribution in [0.5, 0.6) is 5.75 Å². The van der Waals surface area contributed by atoms with E-state index in [0.29, 0.717) is 15.6 Å². The number of methoxy groups -OCH3 is 1. The molecule has 2 aromatic rings. The van der Waals surface area contributed by atoms with Crippen LogP contribution >= 0.6 is 23.2 Å². The van der Waals surface area contributed by atoms with E-state index in [0.717, 1.165) is 11.3 Å². The molecule has 2 aromatic carbocycles. The van der Waals surface area contributed by atoms with Crippen LogP contribution in [0.1, 0.15) is 11.1 Å². The van der Waals surface area contributed by atoms with E-state index in [2.05, 4.69) is 4.99 Å². The number of carbonyl (C=O) groups is 1. The lowest BCUT2D eigenvalue weighted by atomic mass is 10.2. The molecule has 0 bridgehead atoms. The molecular formula is C19H13Cl2NO3. The van der Waals surface area contributed by atoms with Gasteiger partial charge in [0.1, 0.15) is 5.75 Å². The Hall–Kier alpha value is -2.56. The van der Waals surface area contributed by atoms with Crippen LogP contribution in [0.15, 0.2) is 59.2 Å². The van der Waals surface area contributed by atoms with Gasteiger partial charge in [0.2, 0.25) is 5.90 Å². The molecule has 3 rings (SSSR count). The highest BCUT2D eigenvalue weighted by Gasteiger charge is 2.21. The Labute approximate surface area is 155 Å². The van der Waals surface area contributed by atoms with Crippen LogP contribution in [0.3, 0.4) is 0 Å². The molecule has 0 aliphatic carbocycles. The molecule has 1 heterocycles. The summed E-state index contributed by atoms with van der Waals surface area (Å²) in [6.07, 6.45) is 4.99. The smallest absolute Gasteiger partial charge is 0.363 e. The molecule has 126 valence electrons. The summed E-state index contributed by atoms with van der Waals surface area (Å²) < 4.78 is 10.2. The van der Waals surface area contributed by atoms with Gasteiger partial charge in [-0.15, -0.1) is 0 Å². The first kappa shape index (κ1) is 17.3. The summed E-state index contributed by atoms with van der Waals surface area (Å²) in [6.45, 7) is 0. The van der Waals surface area contributed by atoms with Crippen molar-refractivity contribution in [1.82, 2.24) is 0 Å². The maximum Gasteiger partial charge on any atom is 0.363 e. The molecule has 0 fully saturated rings. The summed E-state index contributed by atoms with van der Waals surface area (Å²) in [5, 5.41) is 0.956. The average Bonchev–Trinajstić information content (AvgIpc) is 2.96. The summed E-state index contributed by atoms with van der Waals surface area (Å²) in [5.74, 6) is 0.462. The van der Waals surface area contributed by atoms with Crippen LogP contribution in [0.2, 0.25) is 10.0 Å². The van der Waals surface area contributed by atoms with Crippen LogP contribution in [-0.4, -0.2) is 19.0 Å². The first-order valence-corrected chi connectivity index (χ1v) is 8.10. The van der Waals surface area contributed by atoms with Crippen molar-refractivity contribution in [3.63, 3.8) is 0 Å². The summed E-state index contributed by atoms with van der Waals surface area (Å²) in [4.78, 5) is 16.1. The Balaban J connectivity index is 1.79. The molecule has 25 heavy (non-hydrogen) atoms. The molecule has 4 nitrogen and oxygen atoms in total. The SMILES string of the molecule is COc1ccc(/C=C/C2=NC(=C/c3ccc(Cl)cc3Cl)/C(=O)O2)cc1. The lowest BCUT2D eigenvalue weighted by Gasteiger charge is -1.99. The van der Waals surface area contributed by atoms with E-state index in [1.54, 1.807) is 43.5 Å². The number of cyclic esters (lactones) is 1. The van der Waals surface area contributed by atoms with Gasteiger partial charge in [-0.2, -0.15) is 0 Å². The van der Waals surface area contributed by atoms with E-state index in [1.807, 2.05) is 24.3 Å². The van der Waals surface area contributed by atoms with Crippen molar-refractivity contribution in [2.75, 3.05) is 7.11 Å². The molecule has 1 aliphatic rings. The Morgan fingerprint density at radius 3 is 2.52 bits per heavy atom. The first-order valence-electron chi connectivity index (χ1n) is 7.35. The summed E-state index contributed by atoms with van der Waals surface area (Å²) in [7, 11) is 1.61. The molecule has 1 aliphatic heterocycles. The number of hydrogen-bond donors (Lipinski definition) is 0. The zero-order chi connectivity index (χ0) is 17.8. The summed E-state index contributed by atoms with van der Waals surface area (Å²) in [6, 6.07) is 12.5. The molecule has 0 saturated carbocycles. The standard InChI is InChI=1S/C19H13Cl2NO3/c1-24-15-7-2-12(3-8-15)4-9-18-22-17(19(23)25-18)10-13-5-6-14(20)11-16(13)21/h2-11H,1H3/b9-4+,17-10+. The van der Waals surface area contributed by atoms with Crippen LogP contribution in [0.25, 0.3) is 12.2 Å². The predicted octanol–water partition coefficient (Wildman–Crippen LogP) is 5.01. The molecule has 0 atom stereocenters. The first-order chi connectivity index (χ1) is 12.0. The highest BCUT2D eigenvalue weighted by Crippen LogP contribution is 2.25. The Morgan fingerprint density at radius 1 is 1.08 bits per heavy atom. The number of rotatable bonds is 4. The number of carbonyl (C=O) groups excluding carboxylic acids is 1. The van der Waals surface area contributed by atoms with Crippen LogP contribution < -0.4 is 4.74 Å². The monoisotopic (exact) mass is 373 g/mol. The van der Waals surface area contributed by atoms with Gasteiger partial charge in [0, 0.05) is 16.1 Å². The van der Waals surface area contributed by atoms with E-state index in [1.165, 1.54) is 0 Å². The number of ether oxygens (including phenoxy) is 2. The quantitative estimate of drug-likeness (QED) is 0.558. The fourth-order valence-corrected chi connectivity index (χ4v) is 2.61. The molecule has 0 N–H and O–H groups in total. The zero-order valence-electron chi connectivity index (χ0n) is 13.2. The topological polar surface area (TPSA) is 47.9 Å². The normalized spacial score (nSPS) is 15.6. The number of aliphatic imine (C=N–C) groups is 1. The molecule has 0 saturated heterocycles. The van der Waals surface area contributed by atoms with E-state index in [-0.39, 0.29) is 11.6 Å². The Kier molecular flexibility index (Phi) is 5.22. The van der Waals surface area contributed by atoms with E-state index < -0.39 is 5.97 Å². The van der Waals surface area contributed by atoms with Crippen molar-refractivity contribution in [2.45, 2.75) is 0 Å². The fraction of sp³-hybridized carbons (Fsp3) is 0.0526. The fourth-order valence-electron chi connectivity index (χ4n) is 2.15. The Morgan fingerprint density at radius 2 is 1.84 bits per heavy atom. The molecular weight excluding hydrogens is 361 g/mol. The number of esters is 1. The molecule has 0 spiro atoms. The highest BCUT2D eigenvalue weighted by molar-refractivity contribution is 6.35. The van der Waals surface area contributed by atoms with Gasteiger partial charge in [0.05, 0.1) is 7.11 Å². The minimum absolute atomic E-state index is 0.179. The van der Waals surface area contributed by atoms with Gasteiger partial charge in [-0.05, 0) is 47.5 Å². The van der Waals surface area contributed by atoms with Gasteiger partial charge >= 0.3 is 5.97 Å². The molecule has 6 heteroatoms. The van der Waals surface area contributed by atoms with Crippen molar-refractivity contribution in [3.8, 4) is 5.75 Å². The largest absolute Gasteiger partial charge is 0.497 e. The lowest BCUT2D eigenvalue weighted by molar-refractivity contribution is -0.129. The van der Waals surface area contributed by atoms with Crippen LogP contribution in [-0.2, 0) is 9.53 Å². The second kappa shape index (κ2) is 7.55. The zero-order valence-corrected chi connectivity index (χ0v) is 14.7.